The van der Waals surface area contributed by atoms with E-state index in [0.717, 1.165) is 16.8 Å². The summed E-state index contributed by atoms with van der Waals surface area (Å²) < 4.78 is 9.58. The van der Waals surface area contributed by atoms with E-state index in [1.54, 1.807) is 23.3 Å². The average Bonchev–Trinajstić information content (AvgIpc) is 3.31. The molecule has 136 valence electrons. The number of rotatable bonds is 5. The standard InChI is InChI=1S/C19H17ClN6O/c1-13(15-11-22-26(12-15)17-5-3-4-16(20)10-17)27-19-24-23-18(25(19)2)14-6-8-21-9-7-14/h3-13H,1-2H3. The molecule has 0 aliphatic carbocycles. The highest BCUT2D eigenvalue weighted by molar-refractivity contribution is 6.30. The molecule has 0 fully saturated rings. The number of aromatic nitrogens is 6. The number of pyridine rings is 1. The number of nitrogens with zero attached hydrogens (tertiary/aromatic N) is 6. The Morgan fingerprint density at radius 1 is 1.11 bits per heavy atom. The van der Waals surface area contributed by atoms with E-state index in [-0.39, 0.29) is 6.10 Å². The summed E-state index contributed by atoms with van der Waals surface area (Å²) in [5.74, 6) is 0.717. The Kier molecular flexibility index (Phi) is 4.60. The smallest absolute Gasteiger partial charge is 0.317 e. The van der Waals surface area contributed by atoms with Crippen molar-refractivity contribution in [3.05, 3.63) is 71.8 Å². The molecule has 1 unspecified atom stereocenters. The fourth-order valence-electron chi connectivity index (χ4n) is 2.70. The van der Waals surface area contributed by atoms with E-state index < -0.39 is 0 Å². The van der Waals surface area contributed by atoms with Gasteiger partial charge in [-0.25, -0.2) is 4.68 Å². The van der Waals surface area contributed by atoms with Crippen molar-refractivity contribution in [2.75, 3.05) is 0 Å². The van der Waals surface area contributed by atoms with Crippen LogP contribution in [-0.4, -0.2) is 29.5 Å². The summed E-state index contributed by atoms with van der Waals surface area (Å²) in [6.45, 7) is 1.94. The van der Waals surface area contributed by atoms with E-state index in [0.29, 0.717) is 16.9 Å². The molecule has 8 heteroatoms. The lowest BCUT2D eigenvalue weighted by Gasteiger charge is -2.12. The highest BCUT2D eigenvalue weighted by atomic mass is 35.5. The summed E-state index contributed by atoms with van der Waals surface area (Å²) in [5, 5.41) is 13.4. The Labute approximate surface area is 161 Å². The van der Waals surface area contributed by atoms with Crippen LogP contribution in [-0.2, 0) is 7.05 Å². The third kappa shape index (κ3) is 3.54. The third-order valence-corrected chi connectivity index (χ3v) is 4.44. The van der Waals surface area contributed by atoms with Crippen molar-refractivity contribution in [3.63, 3.8) is 0 Å². The highest BCUT2D eigenvalue weighted by Crippen LogP contribution is 2.24. The summed E-state index contributed by atoms with van der Waals surface area (Å²) in [7, 11) is 1.87. The number of halogens is 1. The van der Waals surface area contributed by atoms with Gasteiger partial charge in [0.1, 0.15) is 6.10 Å². The molecule has 0 N–H and O–H groups in total. The molecular weight excluding hydrogens is 364 g/mol. The first-order chi connectivity index (χ1) is 13.1. The van der Waals surface area contributed by atoms with Crippen molar-refractivity contribution in [1.82, 2.24) is 29.5 Å². The summed E-state index contributed by atoms with van der Waals surface area (Å²) in [6.07, 6.45) is 6.88. The largest absolute Gasteiger partial charge is 0.456 e. The molecular formula is C19H17ClN6O. The van der Waals surface area contributed by atoms with Gasteiger partial charge < -0.3 is 4.74 Å². The van der Waals surface area contributed by atoms with Crippen molar-refractivity contribution < 1.29 is 4.74 Å². The summed E-state index contributed by atoms with van der Waals surface area (Å²) in [5.41, 5.74) is 2.74. The molecule has 1 atom stereocenters. The second-order valence-corrected chi connectivity index (χ2v) is 6.50. The Morgan fingerprint density at radius 2 is 1.93 bits per heavy atom. The summed E-state index contributed by atoms with van der Waals surface area (Å²) in [6, 6.07) is 11.7. The van der Waals surface area contributed by atoms with Gasteiger partial charge in [-0.15, -0.1) is 5.10 Å². The van der Waals surface area contributed by atoms with Crippen LogP contribution in [0.4, 0.5) is 0 Å². The Morgan fingerprint density at radius 3 is 2.70 bits per heavy atom. The van der Waals surface area contributed by atoms with E-state index in [2.05, 4.69) is 20.3 Å². The minimum Gasteiger partial charge on any atom is -0.456 e. The molecule has 0 radical (unpaired) electrons. The molecule has 0 aliphatic heterocycles. The maximum Gasteiger partial charge on any atom is 0.317 e. The summed E-state index contributed by atoms with van der Waals surface area (Å²) >= 11 is 6.05. The van der Waals surface area contributed by atoms with Gasteiger partial charge >= 0.3 is 6.01 Å². The maximum atomic E-state index is 6.05. The first kappa shape index (κ1) is 17.2. The molecule has 0 spiro atoms. The fraction of sp³-hybridized carbons (Fsp3) is 0.158. The third-order valence-electron chi connectivity index (χ3n) is 4.20. The van der Waals surface area contributed by atoms with E-state index in [4.69, 9.17) is 16.3 Å². The van der Waals surface area contributed by atoms with Crippen LogP contribution in [0.2, 0.25) is 5.02 Å². The van der Waals surface area contributed by atoms with Gasteiger partial charge in [0, 0.05) is 41.8 Å². The van der Waals surface area contributed by atoms with Gasteiger partial charge in [-0.3, -0.25) is 9.55 Å². The minimum atomic E-state index is -0.244. The van der Waals surface area contributed by atoms with Gasteiger partial charge in [-0.05, 0) is 37.3 Å². The van der Waals surface area contributed by atoms with E-state index in [1.807, 2.05) is 61.1 Å². The lowest BCUT2D eigenvalue weighted by molar-refractivity contribution is 0.200. The molecule has 7 nitrogen and oxygen atoms in total. The monoisotopic (exact) mass is 380 g/mol. The van der Waals surface area contributed by atoms with Crippen molar-refractivity contribution >= 4 is 11.6 Å². The molecule has 0 saturated carbocycles. The van der Waals surface area contributed by atoms with Gasteiger partial charge in [0.2, 0.25) is 0 Å². The lowest BCUT2D eigenvalue weighted by Crippen LogP contribution is -2.06. The molecule has 0 amide bonds. The van der Waals surface area contributed by atoms with Crippen molar-refractivity contribution in [3.8, 4) is 23.1 Å². The predicted octanol–water partition coefficient (Wildman–Crippen LogP) is 3.86. The van der Waals surface area contributed by atoms with E-state index in [1.165, 1.54) is 0 Å². The predicted molar refractivity (Wildman–Crippen MR) is 102 cm³/mol. The van der Waals surface area contributed by atoms with Gasteiger partial charge in [-0.1, -0.05) is 22.8 Å². The number of hydrogen-bond acceptors (Lipinski definition) is 5. The Balaban J connectivity index is 1.53. The van der Waals surface area contributed by atoms with Gasteiger partial charge in [0.05, 0.1) is 11.9 Å². The molecule has 3 aromatic heterocycles. The topological polar surface area (TPSA) is 70.7 Å². The van der Waals surface area contributed by atoms with Crippen molar-refractivity contribution in [1.29, 1.82) is 0 Å². The second-order valence-electron chi connectivity index (χ2n) is 6.06. The zero-order chi connectivity index (χ0) is 18.8. The van der Waals surface area contributed by atoms with Crippen LogP contribution in [0, 0.1) is 0 Å². The van der Waals surface area contributed by atoms with Crippen molar-refractivity contribution in [2.45, 2.75) is 13.0 Å². The maximum absolute atomic E-state index is 6.05. The quantitative estimate of drug-likeness (QED) is 0.525. The van der Waals surface area contributed by atoms with Gasteiger partial charge in [-0.2, -0.15) is 5.10 Å². The molecule has 0 saturated heterocycles. The molecule has 1 aromatic carbocycles. The highest BCUT2D eigenvalue weighted by Gasteiger charge is 2.17. The van der Waals surface area contributed by atoms with Crippen LogP contribution in [0.15, 0.2) is 61.2 Å². The molecule has 4 aromatic rings. The fourth-order valence-corrected chi connectivity index (χ4v) is 2.89. The van der Waals surface area contributed by atoms with E-state index in [9.17, 15) is 0 Å². The number of hydrogen-bond donors (Lipinski definition) is 0. The Bertz CT molecular complexity index is 1060. The van der Waals surface area contributed by atoms with E-state index >= 15 is 0 Å². The van der Waals surface area contributed by atoms with Gasteiger partial charge in [0.25, 0.3) is 0 Å². The first-order valence-electron chi connectivity index (χ1n) is 8.39. The molecule has 0 bridgehead atoms. The van der Waals surface area contributed by atoms with Crippen LogP contribution in [0.1, 0.15) is 18.6 Å². The van der Waals surface area contributed by atoms with Crippen molar-refractivity contribution in [2.24, 2.45) is 7.05 Å². The molecule has 4 rings (SSSR count). The minimum absolute atomic E-state index is 0.244. The molecule has 27 heavy (non-hydrogen) atoms. The first-order valence-corrected chi connectivity index (χ1v) is 8.76. The zero-order valence-electron chi connectivity index (χ0n) is 14.8. The van der Waals surface area contributed by atoms with Gasteiger partial charge in [0.15, 0.2) is 5.82 Å². The molecule has 3 heterocycles. The summed E-state index contributed by atoms with van der Waals surface area (Å²) in [4.78, 5) is 4.02. The van der Waals surface area contributed by atoms with Crippen LogP contribution in [0.25, 0.3) is 17.1 Å². The Hall–Kier alpha value is -3.19. The second kappa shape index (κ2) is 7.20. The molecule has 0 aliphatic rings. The lowest BCUT2D eigenvalue weighted by atomic mass is 10.2. The normalized spacial score (nSPS) is 12.1. The zero-order valence-corrected chi connectivity index (χ0v) is 15.6. The number of ether oxygens (including phenoxy) is 1. The van der Waals surface area contributed by atoms with Crippen LogP contribution in [0.5, 0.6) is 6.01 Å². The number of benzene rings is 1. The SMILES string of the molecule is CC(Oc1nnc(-c2ccncc2)n1C)c1cnn(-c2cccc(Cl)c2)c1. The van der Waals surface area contributed by atoms with Crippen LogP contribution in [0.3, 0.4) is 0 Å². The average molecular weight is 381 g/mol. The van der Waals surface area contributed by atoms with Crippen LogP contribution < -0.4 is 4.74 Å². The van der Waals surface area contributed by atoms with Crippen LogP contribution >= 0.6 is 11.6 Å².